The van der Waals surface area contributed by atoms with E-state index in [-0.39, 0.29) is 13.0 Å². The molecule has 0 amide bonds. The minimum Gasteiger partial charge on any atom is -0.310 e. The van der Waals surface area contributed by atoms with Crippen LogP contribution < -0.4 is 5.32 Å². The number of halogens is 3. The molecule has 6 heteroatoms. The number of nitrogens with one attached hydrogen (secondary N) is 1. The molecule has 1 aliphatic heterocycles. The molecule has 0 aromatic carbocycles. The SMILES string of the molecule is FC(F)(F)C1CCCN(CCNCc2ccccn2)C1. The fraction of sp³-hybridized carbons (Fsp3) is 0.643. The zero-order valence-corrected chi connectivity index (χ0v) is 11.4. The van der Waals surface area contributed by atoms with Crippen LogP contribution >= 0.6 is 0 Å². The summed E-state index contributed by atoms with van der Waals surface area (Å²) in [6.07, 6.45) is -1.43. The van der Waals surface area contributed by atoms with Crippen LogP contribution in [0.15, 0.2) is 24.4 Å². The second-order valence-corrected chi connectivity index (χ2v) is 5.18. The fourth-order valence-corrected chi connectivity index (χ4v) is 2.48. The van der Waals surface area contributed by atoms with Crippen molar-refractivity contribution in [3.8, 4) is 0 Å². The first kappa shape index (κ1) is 15.3. The minimum absolute atomic E-state index is 0.134. The van der Waals surface area contributed by atoms with E-state index in [0.29, 0.717) is 26.1 Å². The van der Waals surface area contributed by atoms with Gasteiger partial charge in [0.25, 0.3) is 0 Å². The highest BCUT2D eigenvalue weighted by molar-refractivity contribution is 5.02. The van der Waals surface area contributed by atoms with E-state index >= 15 is 0 Å². The monoisotopic (exact) mass is 287 g/mol. The van der Waals surface area contributed by atoms with Gasteiger partial charge in [-0.25, -0.2) is 0 Å². The second kappa shape index (κ2) is 7.04. The summed E-state index contributed by atoms with van der Waals surface area (Å²) in [6.45, 7) is 2.88. The highest BCUT2D eigenvalue weighted by Crippen LogP contribution is 2.32. The molecule has 1 aromatic rings. The van der Waals surface area contributed by atoms with E-state index in [0.717, 1.165) is 12.2 Å². The number of hydrogen-bond acceptors (Lipinski definition) is 3. The van der Waals surface area contributed by atoms with E-state index in [4.69, 9.17) is 0 Å². The van der Waals surface area contributed by atoms with Crippen LogP contribution in [0.5, 0.6) is 0 Å². The van der Waals surface area contributed by atoms with E-state index in [2.05, 4.69) is 10.3 Å². The molecule has 20 heavy (non-hydrogen) atoms. The first-order valence-corrected chi connectivity index (χ1v) is 6.95. The van der Waals surface area contributed by atoms with Gasteiger partial charge in [0.05, 0.1) is 11.6 Å². The Kier molecular flexibility index (Phi) is 5.37. The number of hydrogen-bond donors (Lipinski definition) is 1. The maximum Gasteiger partial charge on any atom is 0.393 e. The van der Waals surface area contributed by atoms with Gasteiger partial charge < -0.3 is 10.2 Å². The minimum atomic E-state index is -4.06. The van der Waals surface area contributed by atoms with Gasteiger partial charge >= 0.3 is 6.18 Å². The van der Waals surface area contributed by atoms with Gasteiger partial charge in [-0.1, -0.05) is 6.07 Å². The largest absolute Gasteiger partial charge is 0.393 e. The van der Waals surface area contributed by atoms with Gasteiger partial charge in [0, 0.05) is 32.4 Å². The van der Waals surface area contributed by atoms with Crippen LogP contribution in [0.2, 0.25) is 0 Å². The second-order valence-electron chi connectivity index (χ2n) is 5.18. The molecule has 1 aliphatic rings. The molecule has 2 heterocycles. The molecule has 0 radical (unpaired) electrons. The molecule has 0 saturated carbocycles. The van der Waals surface area contributed by atoms with Crippen LogP contribution in [-0.4, -0.2) is 42.2 Å². The summed E-state index contributed by atoms with van der Waals surface area (Å²) in [5.74, 6) is -1.16. The Morgan fingerprint density at radius 1 is 1.35 bits per heavy atom. The predicted octanol–water partition coefficient (Wildman–Crippen LogP) is 2.45. The molecule has 1 fully saturated rings. The summed E-state index contributed by atoms with van der Waals surface area (Å²) < 4.78 is 38.0. The number of likely N-dealkylation sites (tertiary alicyclic amines) is 1. The normalized spacial score (nSPS) is 21.1. The molecular formula is C14H20F3N3. The Morgan fingerprint density at radius 2 is 2.20 bits per heavy atom. The van der Waals surface area contributed by atoms with E-state index in [9.17, 15) is 13.2 Å². The van der Waals surface area contributed by atoms with Gasteiger partial charge in [0.1, 0.15) is 0 Å². The Balaban J connectivity index is 1.66. The Morgan fingerprint density at radius 3 is 2.90 bits per heavy atom. The third kappa shape index (κ3) is 4.76. The van der Waals surface area contributed by atoms with Gasteiger partial charge in [-0.3, -0.25) is 4.98 Å². The summed E-state index contributed by atoms with van der Waals surface area (Å²) in [5, 5.41) is 3.22. The van der Waals surface area contributed by atoms with Crippen molar-refractivity contribution >= 4 is 0 Å². The van der Waals surface area contributed by atoms with Crippen LogP contribution in [0, 0.1) is 5.92 Å². The Bertz CT molecular complexity index is 394. The van der Waals surface area contributed by atoms with Crippen LogP contribution in [-0.2, 0) is 6.54 Å². The molecule has 1 unspecified atom stereocenters. The van der Waals surface area contributed by atoms with Crippen LogP contribution in [0.3, 0.4) is 0 Å². The molecule has 0 spiro atoms. The first-order valence-electron chi connectivity index (χ1n) is 6.95. The lowest BCUT2D eigenvalue weighted by atomic mass is 9.97. The number of aromatic nitrogens is 1. The third-order valence-corrected chi connectivity index (χ3v) is 3.61. The zero-order chi connectivity index (χ0) is 14.4. The maximum absolute atomic E-state index is 12.7. The van der Waals surface area contributed by atoms with Crippen molar-refractivity contribution in [3.05, 3.63) is 30.1 Å². The van der Waals surface area contributed by atoms with Crippen molar-refractivity contribution < 1.29 is 13.2 Å². The molecule has 1 atom stereocenters. The lowest BCUT2D eigenvalue weighted by Crippen LogP contribution is -2.44. The Labute approximate surface area is 117 Å². The molecule has 1 saturated heterocycles. The molecule has 3 nitrogen and oxygen atoms in total. The number of alkyl halides is 3. The van der Waals surface area contributed by atoms with Crippen molar-refractivity contribution in [1.29, 1.82) is 0 Å². The third-order valence-electron chi connectivity index (χ3n) is 3.61. The number of piperidine rings is 1. The van der Waals surface area contributed by atoms with Crippen molar-refractivity contribution in [3.63, 3.8) is 0 Å². The lowest BCUT2D eigenvalue weighted by molar-refractivity contribution is -0.186. The van der Waals surface area contributed by atoms with Crippen molar-refractivity contribution in [2.75, 3.05) is 26.2 Å². The van der Waals surface area contributed by atoms with Crippen LogP contribution in [0.4, 0.5) is 13.2 Å². The summed E-state index contributed by atoms with van der Waals surface area (Å²) >= 11 is 0. The summed E-state index contributed by atoms with van der Waals surface area (Å²) in [4.78, 5) is 6.08. The number of rotatable bonds is 5. The van der Waals surface area contributed by atoms with Gasteiger partial charge in [0.2, 0.25) is 0 Å². The van der Waals surface area contributed by atoms with Crippen molar-refractivity contribution in [2.24, 2.45) is 5.92 Å². The topological polar surface area (TPSA) is 28.2 Å². The van der Waals surface area contributed by atoms with Gasteiger partial charge in [-0.2, -0.15) is 13.2 Å². The molecule has 2 rings (SSSR count). The van der Waals surface area contributed by atoms with E-state index in [1.165, 1.54) is 0 Å². The molecule has 1 aromatic heterocycles. The zero-order valence-electron chi connectivity index (χ0n) is 11.4. The van der Waals surface area contributed by atoms with Crippen LogP contribution in [0.25, 0.3) is 0 Å². The highest BCUT2D eigenvalue weighted by Gasteiger charge is 2.41. The highest BCUT2D eigenvalue weighted by atomic mass is 19.4. The summed E-state index contributed by atoms with van der Waals surface area (Å²) in [7, 11) is 0. The van der Waals surface area contributed by atoms with E-state index in [1.807, 2.05) is 23.1 Å². The fourth-order valence-electron chi connectivity index (χ4n) is 2.48. The molecule has 0 aliphatic carbocycles. The smallest absolute Gasteiger partial charge is 0.310 e. The van der Waals surface area contributed by atoms with Gasteiger partial charge in [-0.05, 0) is 31.5 Å². The predicted molar refractivity (Wildman–Crippen MR) is 71.2 cm³/mol. The van der Waals surface area contributed by atoms with Gasteiger partial charge in [-0.15, -0.1) is 0 Å². The maximum atomic E-state index is 12.7. The average molecular weight is 287 g/mol. The average Bonchev–Trinajstić information content (AvgIpc) is 2.44. The lowest BCUT2D eigenvalue weighted by Gasteiger charge is -2.33. The van der Waals surface area contributed by atoms with Crippen molar-refractivity contribution in [2.45, 2.75) is 25.6 Å². The molecule has 112 valence electrons. The summed E-state index contributed by atoms with van der Waals surface area (Å²) in [6, 6.07) is 5.70. The quantitative estimate of drug-likeness (QED) is 0.843. The number of nitrogens with zero attached hydrogens (tertiary/aromatic N) is 2. The molecular weight excluding hydrogens is 267 g/mol. The molecule has 0 bridgehead atoms. The standard InChI is InChI=1S/C14H20F3N3/c15-14(16,17)12-4-3-8-20(11-12)9-7-18-10-13-5-1-2-6-19-13/h1-2,5-6,12,18H,3-4,7-11H2. The van der Waals surface area contributed by atoms with E-state index < -0.39 is 12.1 Å². The number of pyridine rings is 1. The van der Waals surface area contributed by atoms with E-state index in [1.54, 1.807) is 6.20 Å². The van der Waals surface area contributed by atoms with Gasteiger partial charge in [0.15, 0.2) is 0 Å². The van der Waals surface area contributed by atoms with Crippen LogP contribution in [0.1, 0.15) is 18.5 Å². The molecule has 1 N–H and O–H groups in total. The van der Waals surface area contributed by atoms with Crippen molar-refractivity contribution in [1.82, 2.24) is 15.2 Å². The Hall–Kier alpha value is -1.14. The first-order chi connectivity index (χ1) is 9.55. The summed E-state index contributed by atoms with van der Waals surface area (Å²) in [5.41, 5.74) is 0.944.